The SMILES string of the molecule is CC(C)(C)c1cc(-c2cc(-c3cc[c]([Ge]([CH3])([CH3])[CH3])cc3)ccn2)[c-]c2ccccc12.CCC(CC)C(=O)/C=C(\O)C(CC)CC.[Ir]. The van der Waals surface area contributed by atoms with Crippen LogP contribution < -0.4 is 4.40 Å². The van der Waals surface area contributed by atoms with E-state index in [0.29, 0.717) is 0 Å². The molecular weight excluding hydrogens is 803 g/mol. The number of nitrogens with zero attached hydrogens (tertiary/aromatic N) is 1. The fraction of sp³-hybridized carbons (Fsp3) is 0.415. The predicted molar refractivity (Wildman–Crippen MR) is 197 cm³/mol. The largest absolute Gasteiger partial charge is 0.512 e. The average Bonchev–Trinajstić information content (AvgIpc) is 3.01. The maximum atomic E-state index is 11.7. The Morgan fingerprint density at radius 1 is 0.848 bits per heavy atom. The van der Waals surface area contributed by atoms with Gasteiger partial charge in [-0.3, -0.25) is 4.79 Å². The van der Waals surface area contributed by atoms with E-state index in [9.17, 15) is 9.90 Å². The third-order valence-corrected chi connectivity index (χ3v) is 13.1. The number of carbonyl (C=O) groups is 1. The molecule has 0 unspecified atom stereocenters. The van der Waals surface area contributed by atoms with Crippen LogP contribution in [0.4, 0.5) is 0 Å². The number of carbonyl (C=O) groups excluding carboxylic acids is 1. The van der Waals surface area contributed by atoms with E-state index in [1.165, 1.54) is 32.5 Å². The van der Waals surface area contributed by atoms with Crippen molar-refractivity contribution in [3.63, 3.8) is 0 Å². The summed E-state index contributed by atoms with van der Waals surface area (Å²) in [6.07, 6.45) is 6.82. The zero-order chi connectivity index (χ0) is 33.4. The van der Waals surface area contributed by atoms with Gasteiger partial charge in [-0.05, 0) is 25.7 Å². The molecule has 1 radical (unpaired) electrons. The minimum atomic E-state index is -1.79. The van der Waals surface area contributed by atoms with Crippen molar-refractivity contribution in [2.24, 2.45) is 11.8 Å². The molecule has 249 valence electrons. The van der Waals surface area contributed by atoms with Crippen molar-refractivity contribution in [3.8, 4) is 22.4 Å². The van der Waals surface area contributed by atoms with Crippen molar-refractivity contribution in [1.29, 1.82) is 0 Å². The van der Waals surface area contributed by atoms with Crippen LogP contribution in [0.3, 0.4) is 0 Å². The summed E-state index contributed by atoms with van der Waals surface area (Å²) in [6, 6.07) is 27.9. The summed E-state index contributed by atoms with van der Waals surface area (Å²) >= 11 is -1.79. The first-order valence-corrected chi connectivity index (χ1v) is 24.0. The third-order valence-electron chi connectivity index (χ3n) is 8.79. The van der Waals surface area contributed by atoms with Crippen LogP contribution in [0.5, 0.6) is 0 Å². The molecule has 0 aliphatic carbocycles. The van der Waals surface area contributed by atoms with E-state index in [4.69, 9.17) is 4.98 Å². The Bertz CT molecular complexity index is 1590. The number of aliphatic hydroxyl groups is 1. The van der Waals surface area contributed by atoms with Crippen molar-refractivity contribution in [1.82, 2.24) is 4.98 Å². The third kappa shape index (κ3) is 10.5. The van der Waals surface area contributed by atoms with Crippen LogP contribution in [-0.2, 0) is 30.3 Å². The molecule has 0 saturated heterocycles. The second-order valence-corrected chi connectivity index (χ2v) is 24.8. The van der Waals surface area contributed by atoms with Crippen molar-refractivity contribution in [2.45, 2.75) is 96.8 Å². The zero-order valence-electron chi connectivity index (χ0n) is 29.6. The molecule has 3 nitrogen and oxygen atoms in total. The summed E-state index contributed by atoms with van der Waals surface area (Å²) in [7, 11) is 0. The van der Waals surface area contributed by atoms with Crippen molar-refractivity contribution in [2.75, 3.05) is 0 Å². The number of hydrogen-bond acceptors (Lipinski definition) is 3. The smallest absolute Gasteiger partial charge is 0.162 e. The van der Waals surface area contributed by atoms with Crippen LogP contribution in [0.15, 0.2) is 84.8 Å². The summed E-state index contributed by atoms with van der Waals surface area (Å²) in [4.78, 5) is 16.4. The van der Waals surface area contributed by atoms with Gasteiger partial charge < -0.3 is 5.11 Å². The maximum Gasteiger partial charge on any atom is 0.162 e. The van der Waals surface area contributed by atoms with Gasteiger partial charge >= 0.3 is 178 Å². The Morgan fingerprint density at radius 2 is 1.43 bits per heavy atom. The van der Waals surface area contributed by atoms with Crippen LogP contribution in [0.2, 0.25) is 17.3 Å². The van der Waals surface area contributed by atoms with Gasteiger partial charge in [-0.15, -0.1) is 0 Å². The predicted octanol–water partition coefficient (Wildman–Crippen LogP) is 11.1. The monoisotopic (exact) mass is 859 g/mol. The van der Waals surface area contributed by atoms with Crippen LogP contribution in [0, 0.1) is 17.9 Å². The summed E-state index contributed by atoms with van der Waals surface area (Å²) in [5.74, 6) is 7.84. The first kappa shape index (κ1) is 39.7. The topological polar surface area (TPSA) is 50.2 Å². The van der Waals surface area contributed by atoms with Gasteiger partial charge in [0.2, 0.25) is 0 Å². The van der Waals surface area contributed by atoms with Crippen LogP contribution in [0.1, 0.15) is 79.7 Å². The van der Waals surface area contributed by atoms with E-state index in [1.54, 1.807) is 0 Å². The summed E-state index contributed by atoms with van der Waals surface area (Å²) in [5, 5.41) is 12.2. The van der Waals surface area contributed by atoms with Gasteiger partial charge in [-0.25, -0.2) is 0 Å². The summed E-state index contributed by atoms with van der Waals surface area (Å²) in [6.45, 7) is 14.9. The van der Waals surface area contributed by atoms with E-state index in [1.807, 2.05) is 33.9 Å². The molecule has 46 heavy (non-hydrogen) atoms. The Balaban J connectivity index is 0.000000394. The number of ketones is 1. The molecule has 5 heteroatoms. The van der Waals surface area contributed by atoms with Crippen LogP contribution >= 0.6 is 0 Å². The standard InChI is InChI=1S/C28H30GeN.C13H24O2.Ir/c1-28(2,3)26-18-23(17-22-9-7-8-10-25(22)26)27-19-21(15-16-30-27)20-11-13-24(14-12-20)29(4,5)6;1-5-10(6-2)12(14)9-13(15)11(7-3)8-4;/h7-16,18-19H,1-6H3;9-11,14H,5-8H2,1-4H3;/q-1;;/b;12-9-;. The normalized spacial score (nSPS) is 12.1. The number of pyridine rings is 1. The first-order valence-electron chi connectivity index (χ1n) is 16.7. The number of rotatable bonds is 10. The molecule has 0 fully saturated rings. The van der Waals surface area contributed by atoms with Gasteiger partial charge in [0.05, 0.1) is 5.76 Å². The Kier molecular flexibility index (Phi) is 15.1. The van der Waals surface area contributed by atoms with Crippen molar-refractivity contribution < 1.29 is 30.0 Å². The number of fused-ring (bicyclic) bond motifs is 1. The van der Waals surface area contributed by atoms with E-state index < -0.39 is 13.3 Å². The van der Waals surface area contributed by atoms with Crippen molar-refractivity contribution in [3.05, 3.63) is 96.4 Å². The summed E-state index contributed by atoms with van der Waals surface area (Å²) < 4.78 is 1.53. The molecule has 0 atom stereocenters. The Labute approximate surface area is 295 Å². The van der Waals surface area contributed by atoms with Gasteiger partial charge in [0.1, 0.15) is 0 Å². The minimum Gasteiger partial charge on any atom is -0.512 e. The van der Waals surface area contributed by atoms with Gasteiger partial charge in [0.15, 0.2) is 5.78 Å². The average molecular weight is 858 g/mol. The first-order chi connectivity index (χ1) is 21.2. The molecule has 4 rings (SSSR count). The minimum absolute atomic E-state index is 0. The van der Waals surface area contributed by atoms with Gasteiger partial charge in [0.25, 0.3) is 0 Å². The quantitative estimate of drug-likeness (QED) is 0.0748. The molecule has 0 aliphatic rings. The number of aliphatic hydroxyl groups excluding tert-OH is 1. The molecule has 0 aliphatic heterocycles. The Hall–Kier alpha value is -2.53. The van der Waals surface area contributed by atoms with E-state index in [2.05, 4.69) is 111 Å². The molecule has 0 amide bonds. The van der Waals surface area contributed by atoms with Gasteiger partial charge in [-0.1, -0.05) is 33.8 Å². The zero-order valence-corrected chi connectivity index (χ0v) is 34.1. The van der Waals surface area contributed by atoms with Crippen molar-refractivity contribution >= 4 is 34.2 Å². The fourth-order valence-corrected chi connectivity index (χ4v) is 8.14. The van der Waals surface area contributed by atoms with Gasteiger partial charge in [0, 0.05) is 38.0 Å². The molecule has 3 aromatic carbocycles. The number of benzene rings is 3. The summed E-state index contributed by atoms with van der Waals surface area (Å²) in [5.41, 5.74) is 5.86. The molecule has 0 spiro atoms. The maximum absolute atomic E-state index is 11.7. The number of allylic oxidation sites excluding steroid dienone is 2. The molecule has 1 aromatic heterocycles. The number of aromatic nitrogens is 1. The molecule has 1 N–H and O–H groups in total. The Morgan fingerprint density at radius 3 is 1.98 bits per heavy atom. The van der Waals surface area contributed by atoms with E-state index in [0.717, 1.165) is 42.3 Å². The van der Waals surface area contributed by atoms with Gasteiger partial charge in [-0.2, -0.15) is 0 Å². The van der Waals surface area contributed by atoms with Crippen LogP contribution in [0.25, 0.3) is 33.2 Å². The second-order valence-electron chi connectivity index (χ2n) is 14.1. The fourth-order valence-electron chi connectivity index (χ4n) is 5.69. The molecule has 0 bridgehead atoms. The molecule has 1 heterocycles. The number of hydrogen-bond donors (Lipinski definition) is 1. The molecule has 4 aromatic rings. The van der Waals surface area contributed by atoms with E-state index >= 15 is 0 Å². The van der Waals surface area contributed by atoms with Crippen LogP contribution in [-0.4, -0.2) is 29.1 Å². The molecular formula is C41H54GeIrNO2-. The molecule has 0 saturated carbocycles. The van der Waals surface area contributed by atoms with E-state index in [-0.39, 0.29) is 48.9 Å². The second kappa shape index (κ2) is 17.6.